The molecule has 0 spiro atoms. The quantitative estimate of drug-likeness (QED) is 0.288. The molecule has 170 valence electrons. The minimum atomic E-state index is -3.19. The number of hydrogen-bond acceptors (Lipinski definition) is 3. The van der Waals surface area contributed by atoms with Crippen molar-refractivity contribution < 1.29 is 14.1 Å². The van der Waals surface area contributed by atoms with Gasteiger partial charge in [-0.1, -0.05) is 98.3 Å². The Kier molecular flexibility index (Phi) is 7.30. The number of carbonyl (C=O) groups is 1. The molecule has 33 heavy (non-hydrogen) atoms. The van der Waals surface area contributed by atoms with Crippen molar-refractivity contribution in [2.24, 2.45) is 0 Å². The van der Waals surface area contributed by atoms with E-state index in [1.54, 1.807) is 0 Å². The molecule has 0 saturated carbocycles. The van der Waals surface area contributed by atoms with E-state index in [4.69, 9.17) is 4.74 Å². The number of fused-ring (bicyclic) bond motifs is 1. The van der Waals surface area contributed by atoms with Crippen molar-refractivity contribution in [3.8, 4) is 0 Å². The second-order valence-corrected chi connectivity index (χ2v) is 11.3. The third kappa shape index (κ3) is 4.48. The SMILES string of the molecule is CCCCC1=C(c2ccccc2)C(CC(=O)OCC)P(=O)(c2ccccc2)c2ccccc21. The van der Waals surface area contributed by atoms with Gasteiger partial charge < -0.3 is 9.30 Å². The average Bonchev–Trinajstić information content (AvgIpc) is 2.86. The highest BCUT2D eigenvalue weighted by atomic mass is 31.2. The normalized spacial score (nSPS) is 19.8. The predicted molar refractivity (Wildman–Crippen MR) is 138 cm³/mol. The maximum Gasteiger partial charge on any atom is 0.306 e. The maximum absolute atomic E-state index is 15.3. The minimum absolute atomic E-state index is 0.0915. The van der Waals surface area contributed by atoms with Crippen LogP contribution < -0.4 is 10.6 Å². The predicted octanol–water partition coefficient (Wildman–Crippen LogP) is 6.44. The third-order valence-electron chi connectivity index (χ3n) is 6.35. The summed E-state index contributed by atoms with van der Waals surface area (Å²) < 4.78 is 20.7. The topological polar surface area (TPSA) is 43.4 Å². The number of unbranched alkanes of at least 4 members (excludes halogenated alkanes) is 1. The van der Waals surface area contributed by atoms with Gasteiger partial charge in [0.25, 0.3) is 0 Å². The molecule has 0 bridgehead atoms. The number of ether oxygens (including phenoxy) is 1. The molecule has 3 aromatic carbocycles. The Hall–Kier alpha value is -2.90. The van der Waals surface area contributed by atoms with Gasteiger partial charge in [-0.15, -0.1) is 0 Å². The van der Waals surface area contributed by atoms with Crippen LogP contribution in [0.2, 0.25) is 0 Å². The van der Waals surface area contributed by atoms with Crippen molar-refractivity contribution in [3.63, 3.8) is 0 Å². The van der Waals surface area contributed by atoms with E-state index >= 15 is 4.57 Å². The lowest BCUT2D eigenvalue weighted by molar-refractivity contribution is -0.142. The largest absolute Gasteiger partial charge is 0.466 e. The van der Waals surface area contributed by atoms with E-state index in [2.05, 4.69) is 25.1 Å². The van der Waals surface area contributed by atoms with E-state index < -0.39 is 12.8 Å². The highest BCUT2D eigenvalue weighted by Gasteiger charge is 2.46. The van der Waals surface area contributed by atoms with Gasteiger partial charge in [-0.25, -0.2) is 0 Å². The summed E-state index contributed by atoms with van der Waals surface area (Å²) in [5, 5.41) is 1.64. The Morgan fingerprint density at radius 2 is 1.52 bits per heavy atom. The zero-order chi connectivity index (χ0) is 23.3. The molecule has 4 rings (SSSR count). The second-order valence-electron chi connectivity index (χ2n) is 8.40. The number of rotatable bonds is 8. The van der Waals surface area contributed by atoms with Gasteiger partial charge in [0, 0.05) is 10.6 Å². The standard InChI is InChI=1S/C29H31O3P/c1-3-5-18-25-24-19-12-13-20-26(24)33(31,23-16-10-7-11-17-23)27(21-28(30)32-4-2)29(25)22-14-8-6-9-15-22/h6-17,19-20,27H,3-5,18,21H2,1-2H3. The molecule has 0 saturated heterocycles. The van der Waals surface area contributed by atoms with Crippen LogP contribution in [0.15, 0.2) is 84.9 Å². The lowest BCUT2D eigenvalue weighted by Gasteiger charge is -2.38. The van der Waals surface area contributed by atoms with E-state index in [0.29, 0.717) is 6.61 Å². The smallest absolute Gasteiger partial charge is 0.306 e. The summed E-state index contributed by atoms with van der Waals surface area (Å²) in [5.41, 5.74) is 3.85. The Bertz CT molecular complexity index is 1180. The maximum atomic E-state index is 15.3. The third-order valence-corrected chi connectivity index (χ3v) is 9.84. The van der Waals surface area contributed by atoms with Crippen LogP contribution in [0.25, 0.3) is 11.1 Å². The van der Waals surface area contributed by atoms with Crippen LogP contribution in [0, 0.1) is 0 Å². The number of hydrogen-bond donors (Lipinski definition) is 0. The molecule has 1 aliphatic heterocycles. The first-order valence-corrected chi connectivity index (χ1v) is 13.6. The molecule has 0 aliphatic carbocycles. The van der Waals surface area contributed by atoms with Crippen molar-refractivity contribution in [2.75, 3.05) is 6.61 Å². The first-order chi connectivity index (χ1) is 16.1. The van der Waals surface area contributed by atoms with Crippen LogP contribution in [-0.2, 0) is 14.1 Å². The first-order valence-electron chi connectivity index (χ1n) is 11.8. The van der Waals surface area contributed by atoms with Gasteiger partial charge in [0.05, 0.1) is 18.7 Å². The number of esters is 1. The van der Waals surface area contributed by atoms with Crippen LogP contribution in [0.3, 0.4) is 0 Å². The number of allylic oxidation sites excluding steroid dienone is 2. The lowest BCUT2D eigenvalue weighted by Crippen LogP contribution is -2.34. The Labute approximate surface area is 196 Å². The molecule has 2 unspecified atom stereocenters. The van der Waals surface area contributed by atoms with Crippen LogP contribution in [0.1, 0.15) is 50.7 Å². The summed E-state index contributed by atoms with van der Waals surface area (Å²) >= 11 is 0. The van der Waals surface area contributed by atoms with Gasteiger partial charge in [-0.05, 0) is 42.0 Å². The van der Waals surface area contributed by atoms with Crippen molar-refractivity contribution in [2.45, 2.75) is 45.2 Å². The Balaban J connectivity index is 2.05. The minimum Gasteiger partial charge on any atom is -0.466 e. The molecule has 0 amide bonds. The van der Waals surface area contributed by atoms with Gasteiger partial charge in [0.15, 0.2) is 7.14 Å². The molecule has 4 heteroatoms. The Morgan fingerprint density at radius 3 is 2.18 bits per heavy atom. The van der Waals surface area contributed by atoms with Gasteiger partial charge in [0.2, 0.25) is 0 Å². The van der Waals surface area contributed by atoms with Crippen LogP contribution in [0.5, 0.6) is 0 Å². The highest BCUT2D eigenvalue weighted by Crippen LogP contribution is 2.60. The lowest BCUT2D eigenvalue weighted by atomic mass is 9.87. The molecule has 0 N–H and O–H groups in total. The molecule has 1 aliphatic rings. The van der Waals surface area contributed by atoms with E-state index in [9.17, 15) is 4.79 Å². The van der Waals surface area contributed by atoms with Crippen molar-refractivity contribution in [1.29, 1.82) is 0 Å². The molecule has 2 atom stereocenters. The van der Waals surface area contributed by atoms with Gasteiger partial charge >= 0.3 is 5.97 Å². The fourth-order valence-corrected chi connectivity index (χ4v) is 8.44. The molecule has 0 aromatic heterocycles. The summed E-state index contributed by atoms with van der Waals surface area (Å²) in [5.74, 6) is -0.304. The van der Waals surface area contributed by atoms with Crippen LogP contribution in [0.4, 0.5) is 0 Å². The first kappa shape index (κ1) is 23.3. The summed E-state index contributed by atoms with van der Waals surface area (Å²) in [6.07, 6.45) is 3.06. The van der Waals surface area contributed by atoms with E-state index in [1.165, 1.54) is 5.57 Å². The van der Waals surface area contributed by atoms with Crippen molar-refractivity contribution in [3.05, 3.63) is 96.1 Å². The van der Waals surface area contributed by atoms with Crippen LogP contribution >= 0.6 is 7.14 Å². The molecule has 0 fully saturated rings. The number of benzene rings is 3. The molecule has 0 radical (unpaired) electrons. The summed E-state index contributed by atoms with van der Waals surface area (Å²) in [6.45, 7) is 4.30. The molecule has 1 heterocycles. The Morgan fingerprint density at radius 1 is 0.879 bits per heavy atom. The zero-order valence-electron chi connectivity index (χ0n) is 19.4. The van der Waals surface area contributed by atoms with Gasteiger partial charge in [-0.2, -0.15) is 0 Å². The summed E-state index contributed by atoms with van der Waals surface area (Å²) in [7, 11) is -3.19. The van der Waals surface area contributed by atoms with Gasteiger partial charge in [-0.3, -0.25) is 4.79 Å². The van der Waals surface area contributed by atoms with Crippen molar-refractivity contribution in [1.82, 2.24) is 0 Å². The van der Waals surface area contributed by atoms with E-state index in [1.807, 2.05) is 73.7 Å². The molecule has 3 nitrogen and oxygen atoms in total. The fraction of sp³-hybridized carbons (Fsp3) is 0.276. The average molecular weight is 459 g/mol. The van der Waals surface area contributed by atoms with E-state index in [-0.39, 0.29) is 12.4 Å². The molecular weight excluding hydrogens is 427 g/mol. The number of carbonyl (C=O) groups excluding carboxylic acids is 1. The molecule has 3 aromatic rings. The van der Waals surface area contributed by atoms with E-state index in [0.717, 1.165) is 46.6 Å². The second kappa shape index (κ2) is 10.4. The summed E-state index contributed by atoms with van der Waals surface area (Å²) in [6, 6.07) is 27.9. The summed E-state index contributed by atoms with van der Waals surface area (Å²) in [4.78, 5) is 12.9. The highest BCUT2D eigenvalue weighted by molar-refractivity contribution is 7.80. The fourth-order valence-electron chi connectivity index (χ4n) is 4.90. The zero-order valence-corrected chi connectivity index (χ0v) is 20.3. The molecular formula is C29H31O3P. The van der Waals surface area contributed by atoms with Crippen molar-refractivity contribution >= 4 is 34.9 Å². The van der Waals surface area contributed by atoms with Gasteiger partial charge in [0.1, 0.15) is 0 Å². The monoisotopic (exact) mass is 458 g/mol. The van der Waals surface area contributed by atoms with Crippen LogP contribution in [-0.4, -0.2) is 18.2 Å².